The van der Waals surface area contributed by atoms with Gasteiger partial charge in [-0.05, 0) is 57.4 Å². The summed E-state index contributed by atoms with van der Waals surface area (Å²) in [5.74, 6) is -0.230. The Morgan fingerprint density at radius 3 is 2.28 bits per heavy atom. The summed E-state index contributed by atoms with van der Waals surface area (Å²) < 4.78 is 32.0. The molecule has 0 bridgehead atoms. The fourth-order valence-corrected chi connectivity index (χ4v) is 4.70. The lowest BCUT2D eigenvalue weighted by Gasteiger charge is -2.21. The topological polar surface area (TPSA) is 102 Å². The van der Waals surface area contributed by atoms with Crippen molar-refractivity contribution in [3.8, 4) is 0 Å². The van der Waals surface area contributed by atoms with E-state index in [1.807, 2.05) is 0 Å². The number of amides is 1. The lowest BCUT2D eigenvalue weighted by atomic mass is 9.86. The fraction of sp³-hybridized carbons (Fsp3) is 0.619. The summed E-state index contributed by atoms with van der Waals surface area (Å²) in [4.78, 5) is 24.4. The molecule has 1 aliphatic rings. The lowest BCUT2D eigenvalue weighted by molar-refractivity contribution is -0.153. The Morgan fingerprint density at radius 2 is 1.69 bits per heavy atom. The summed E-state index contributed by atoms with van der Waals surface area (Å²) in [6, 6.07) is 5.63. The number of benzene rings is 1. The van der Waals surface area contributed by atoms with Crippen LogP contribution in [0.15, 0.2) is 29.2 Å². The summed E-state index contributed by atoms with van der Waals surface area (Å²) >= 11 is 0. The van der Waals surface area contributed by atoms with Crippen LogP contribution in [-0.4, -0.2) is 32.4 Å². The number of hydrogen-bond acceptors (Lipinski definition) is 5. The highest BCUT2D eigenvalue weighted by molar-refractivity contribution is 7.89. The molecule has 1 saturated carbocycles. The van der Waals surface area contributed by atoms with Crippen molar-refractivity contribution in [3.63, 3.8) is 0 Å². The summed E-state index contributed by atoms with van der Waals surface area (Å²) in [7, 11) is -3.58. The van der Waals surface area contributed by atoms with E-state index >= 15 is 0 Å². The number of carbonyl (C=O) groups is 2. The van der Waals surface area contributed by atoms with Crippen LogP contribution in [0.2, 0.25) is 0 Å². The number of ether oxygens (including phenoxy) is 1. The highest BCUT2D eigenvalue weighted by Crippen LogP contribution is 2.27. The van der Waals surface area contributed by atoms with Crippen molar-refractivity contribution in [2.75, 3.05) is 5.32 Å². The van der Waals surface area contributed by atoms with E-state index in [-0.39, 0.29) is 16.9 Å². The lowest BCUT2D eigenvalue weighted by Crippen LogP contribution is -2.31. The summed E-state index contributed by atoms with van der Waals surface area (Å²) in [6.45, 7) is 5.01. The third kappa shape index (κ3) is 7.78. The fourth-order valence-electron chi connectivity index (χ4n) is 3.45. The van der Waals surface area contributed by atoms with Gasteiger partial charge in [0.15, 0.2) is 6.10 Å². The predicted octanol–water partition coefficient (Wildman–Crippen LogP) is 3.60. The average Bonchev–Trinajstić information content (AvgIpc) is 2.66. The molecule has 1 amide bonds. The van der Waals surface area contributed by atoms with Gasteiger partial charge in [0.05, 0.1) is 4.90 Å². The van der Waals surface area contributed by atoms with E-state index < -0.39 is 22.0 Å². The first kappa shape index (κ1) is 23.3. The number of carbonyl (C=O) groups excluding carboxylic acids is 2. The van der Waals surface area contributed by atoms with Crippen LogP contribution >= 0.6 is 0 Å². The van der Waals surface area contributed by atoms with Gasteiger partial charge in [-0.3, -0.25) is 9.59 Å². The molecule has 0 aromatic heterocycles. The molecule has 162 valence electrons. The van der Waals surface area contributed by atoms with Gasteiger partial charge in [-0.2, -0.15) is 0 Å². The van der Waals surface area contributed by atoms with E-state index in [0.29, 0.717) is 18.0 Å². The molecule has 0 saturated heterocycles. The van der Waals surface area contributed by atoms with Crippen LogP contribution in [-0.2, 0) is 24.3 Å². The second-order valence-corrected chi connectivity index (χ2v) is 9.68. The molecule has 1 aliphatic carbocycles. The Kier molecular flexibility index (Phi) is 8.64. The SMILES string of the molecule is CC(C)NS(=O)(=O)c1ccc(NC(=O)[C@@H](C)OC(=O)CCC2CCCCC2)cc1. The van der Waals surface area contributed by atoms with Gasteiger partial charge in [0.1, 0.15) is 0 Å². The molecule has 8 heteroatoms. The van der Waals surface area contributed by atoms with Gasteiger partial charge >= 0.3 is 5.97 Å². The Balaban J connectivity index is 1.81. The molecule has 0 radical (unpaired) electrons. The van der Waals surface area contributed by atoms with Crippen LogP contribution in [0.3, 0.4) is 0 Å². The van der Waals surface area contributed by atoms with Gasteiger partial charge < -0.3 is 10.1 Å². The van der Waals surface area contributed by atoms with Crippen LogP contribution in [0, 0.1) is 5.92 Å². The van der Waals surface area contributed by atoms with Crippen molar-refractivity contribution in [3.05, 3.63) is 24.3 Å². The highest BCUT2D eigenvalue weighted by Gasteiger charge is 2.21. The van der Waals surface area contributed by atoms with Gasteiger partial charge in [-0.1, -0.05) is 32.1 Å². The number of nitrogens with one attached hydrogen (secondary N) is 2. The third-order valence-electron chi connectivity index (χ3n) is 4.98. The van der Waals surface area contributed by atoms with Crippen molar-refractivity contribution in [2.24, 2.45) is 5.92 Å². The van der Waals surface area contributed by atoms with Crippen LogP contribution in [0.1, 0.15) is 65.7 Å². The first-order valence-corrected chi connectivity index (χ1v) is 11.8. The maximum absolute atomic E-state index is 12.3. The molecule has 0 aliphatic heterocycles. The molecule has 7 nitrogen and oxygen atoms in total. The minimum atomic E-state index is -3.58. The second kappa shape index (κ2) is 10.7. The molecular weight excluding hydrogens is 392 g/mol. The van der Waals surface area contributed by atoms with Crippen molar-refractivity contribution < 1.29 is 22.7 Å². The van der Waals surface area contributed by atoms with E-state index in [4.69, 9.17) is 4.74 Å². The smallest absolute Gasteiger partial charge is 0.306 e. The van der Waals surface area contributed by atoms with Gasteiger partial charge in [-0.15, -0.1) is 0 Å². The number of rotatable bonds is 9. The summed E-state index contributed by atoms with van der Waals surface area (Å²) in [5.41, 5.74) is 0.434. The molecule has 2 rings (SSSR count). The van der Waals surface area contributed by atoms with Crippen molar-refractivity contribution in [1.29, 1.82) is 0 Å². The van der Waals surface area contributed by atoms with Crippen molar-refractivity contribution >= 4 is 27.6 Å². The minimum Gasteiger partial charge on any atom is -0.453 e. The minimum absolute atomic E-state index is 0.117. The molecule has 0 spiro atoms. The zero-order valence-electron chi connectivity index (χ0n) is 17.4. The first-order chi connectivity index (χ1) is 13.7. The average molecular weight is 425 g/mol. The highest BCUT2D eigenvalue weighted by atomic mass is 32.2. The molecule has 2 N–H and O–H groups in total. The zero-order valence-corrected chi connectivity index (χ0v) is 18.3. The molecule has 1 aromatic rings. The van der Waals surface area contributed by atoms with Gasteiger partial charge in [-0.25, -0.2) is 13.1 Å². The zero-order chi connectivity index (χ0) is 21.4. The molecule has 1 fully saturated rings. The maximum Gasteiger partial charge on any atom is 0.306 e. The number of anilines is 1. The van der Waals surface area contributed by atoms with E-state index in [9.17, 15) is 18.0 Å². The standard InChI is InChI=1S/C21H32N2O5S/c1-15(2)23-29(26,27)19-12-10-18(11-13-19)22-21(25)16(3)28-20(24)14-9-17-7-5-4-6-8-17/h10-13,15-17,23H,4-9,14H2,1-3H3,(H,22,25)/t16-/m1/s1. The number of hydrogen-bond donors (Lipinski definition) is 2. The maximum atomic E-state index is 12.3. The molecular formula is C21H32N2O5S. The molecule has 1 aromatic carbocycles. The van der Waals surface area contributed by atoms with E-state index in [2.05, 4.69) is 10.0 Å². The van der Waals surface area contributed by atoms with E-state index in [1.165, 1.54) is 63.3 Å². The second-order valence-electron chi connectivity index (χ2n) is 7.96. The monoisotopic (exact) mass is 424 g/mol. The predicted molar refractivity (Wildman–Crippen MR) is 112 cm³/mol. The van der Waals surface area contributed by atoms with Crippen LogP contribution < -0.4 is 10.0 Å². The van der Waals surface area contributed by atoms with Gasteiger partial charge in [0.25, 0.3) is 5.91 Å². The largest absolute Gasteiger partial charge is 0.453 e. The summed E-state index contributed by atoms with van der Waals surface area (Å²) in [5, 5.41) is 2.64. The van der Waals surface area contributed by atoms with Gasteiger partial charge in [0.2, 0.25) is 10.0 Å². The van der Waals surface area contributed by atoms with Crippen molar-refractivity contribution in [2.45, 2.75) is 82.8 Å². The molecule has 29 heavy (non-hydrogen) atoms. The molecule has 0 unspecified atom stereocenters. The summed E-state index contributed by atoms with van der Waals surface area (Å²) in [6.07, 6.45) is 6.30. The number of sulfonamides is 1. The number of esters is 1. The van der Waals surface area contributed by atoms with Crippen LogP contribution in [0.25, 0.3) is 0 Å². The Morgan fingerprint density at radius 1 is 1.07 bits per heavy atom. The van der Waals surface area contributed by atoms with Gasteiger partial charge in [0, 0.05) is 18.2 Å². The first-order valence-electron chi connectivity index (χ1n) is 10.3. The molecule has 0 heterocycles. The third-order valence-corrected chi connectivity index (χ3v) is 6.66. The normalized spacial score (nSPS) is 16.4. The van der Waals surface area contributed by atoms with E-state index in [0.717, 1.165) is 6.42 Å². The van der Waals surface area contributed by atoms with Crippen molar-refractivity contribution in [1.82, 2.24) is 4.72 Å². The van der Waals surface area contributed by atoms with E-state index in [1.54, 1.807) is 13.8 Å². The Hall–Kier alpha value is -1.93. The Bertz CT molecular complexity index is 784. The van der Waals surface area contributed by atoms with Crippen LogP contribution in [0.4, 0.5) is 5.69 Å². The quantitative estimate of drug-likeness (QED) is 0.590. The Labute approximate surface area is 173 Å². The van der Waals surface area contributed by atoms with Crippen LogP contribution in [0.5, 0.6) is 0 Å². The molecule has 1 atom stereocenters.